The number of ether oxygens (including phenoxy) is 3. The van der Waals surface area contributed by atoms with E-state index in [1.807, 2.05) is 0 Å². The number of amides is 4. The minimum atomic E-state index is -4.93. The zero-order chi connectivity index (χ0) is 50.6. The third-order valence-corrected chi connectivity index (χ3v) is 13.4. The van der Waals surface area contributed by atoms with E-state index in [1.165, 1.54) is 141 Å². The Hall–Kier alpha value is -2.07. The number of esters is 2. The maximum absolute atomic E-state index is 12.8. The summed E-state index contributed by atoms with van der Waals surface area (Å²) in [4.78, 5) is 87.0. The number of phosphoric acid groups is 1. The van der Waals surface area contributed by atoms with Crippen LogP contribution in [0.1, 0.15) is 239 Å². The van der Waals surface area contributed by atoms with Crippen LogP contribution in [0.15, 0.2) is 0 Å². The Balaban J connectivity index is 0.0000476. The van der Waals surface area contributed by atoms with Crippen molar-refractivity contribution in [3.8, 4) is 0 Å². The fourth-order valence-corrected chi connectivity index (χ4v) is 8.93. The number of hydrogen-bond donors (Lipinski definition) is 2. The van der Waals surface area contributed by atoms with Crippen LogP contribution in [0.25, 0.3) is 0 Å². The molecule has 3 atom stereocenters. The van der Waals surface area contributed by atoms with E-state index in [0.717, 1.165) is 43.4 Å². The van der Waals surface area contributed by atoms with Gasteiger partial charge in [0.25, 0.3) is 7.82 Å². The number of nitrogens with one attached hydrogen (secondary N) is 2. The molecule has 0 aromatic carbocycles. The van der Waals surface area contributed by atoms with Crippen LogP contribution in [0.4, 0.5) is 4.79 Å². The van der Waals surface area contributed by atoms with Gasteiger partial charge in [0.05, 0.1) is 19.8 Å². The Labute approximate surface area is 444 Å². The largest absolute Gasteiger partial charge is 1.00 e. The number of imide groups is 1. The van der Waals surface area contributed by atoms with Gasteiger partial charge in [0.2, 0.25) is 17.7 Å². The van der Waals surface area contributed by atoms with Crippen molar-refractivity contribution in [2.24, 2.45) is 5.92 Å². The molecule has 0 bridgehead atoms. The predicted octanol–water partition coefficient (Wildman–Crippen LogP) is 8.10. The number of unbranched alkanes of at least 4 members (excludes halogenated alkanes) is 28. The molecule has 1 rings (SSSR count). The van der Waals surface area contributed by atoms with Crippen LogP contribution in [0.3, 0.4) is 0 Å². The third-order valence-electron chi connectivity index (χ3n) is 12.4. The molecule has 0 radical (unpaired) electrons. The summed E-state index contributed by atoms with van der Waals surface area (Å²) in [7, 11) is -4.93. The fraction of sp³-hybridized carbons (Fsp3) is 0.885. The normalized spacial score (nSPS) is 14.7. The smallest absolute Gasteiger partial charge is 0.756 e. The first kappa shape index (κ1) is 67.9. The molecule has 0 saturated carbocycles. The minimum absolute atomic E-state index is 0. The summed E-state index contributed by atoms with van der Waals surface area (Å²) in [5, 5.41) is 4.85. The van der Waals surface area contributed by atoms with Crippen molar-refractivity contribution < 1.29 is 91.0 Å². The Bertz CT molecular complexity index is 1430. The molecular weight excluding hydrogens is 929 g/mol. The van der Waals surface area contributed by atoms with Gasteiger partial charge >= 0.3 is 47.6 Å². The van der Waals surface area contributed by atoms with E-state index in [-0.39, 0.29) is 99.9 Å². The van der Waals surface area contributed by atoms with Gasteiger partial charge in [-0.25, -0.2) is 4.79 Å². The molecule has 2 unspecified atom stereocenters. The number of phosphoric ester groups is 1. The van der Waals surface area contributed by atoms with Crippen molar-refractivity contribution in [1.29, 1.82) is 0 Å². The average molecular weight is 1020 g/mol. The number of carbonyl (C=O) groups is 6. The van der Waals surface area contributed by atoms with Crippen molar-refractivity contribution in [3.63, 3.8) is 0 Å². The van der Waals surface area contributed by atoms with Gasteiger partial charge in [-0.2, -0.15) is 0 Å². The standard InChI is InChI=1S/C52H96N3O13P.Na/c1-4-6-8-10-12-14-16-18-20-22-24-26-28-30-32-34-49(58)65-43-46(68-50(59)35-33-31-29-27-25-23-21-19-17-15-13-11-9-7-5-2)44-67-69(62,63)66-41-38-54-52(61)64-40-37-53-47(56)36-39-55-48(57)42-45(3)51(55)60;/h45-46H,4-44H2,1-3H3,(H,53,56)(H,54,61)(H,62,63);/q;+1/p-1/t45?,46-;/m1./s1. The van der Waals surface area contributed by atoms with Gasteiger partial charge in [-0.3, -0.25) is 33.4 Å². The zero-order valence-corrected chi connectivity index (χ0v) is 47.2. The van der Waals surface area contributed by atoms with Gasteiger partial charge in [0.15, 0.2) is 6.10 Å². The van der Waals surface area contributed by atoms with Crippen LogP contribution in [0, 0.1) is 5.92 Å². The molecule has 402 valence electrons. The van der Waals surface area contributed by atoms with Gasteiger partial charge in [-0.1, -0.05) is 201 Å². The molecule has 1 aliphatic heterocycles. The summed E-state index contributed by atoms with van der Waals surface area (Å²) in [5.74, 6) is -2.43. The molecule has 16 nitrogen and oxygen atoms in total. The molecule has 0 spiro atoms. The van der Waals surface area contributed by atoms with E-state index in [1.54, 1.807) is 6.92 Å². The summed E-state index contributed by atoms with van der Waals surface area (Å²) >= 11 is 0. The molecule has 0 aliphatic carbocycles. The van der Waals surface area contributed by atoms with Gasteiger partial charge in [-0.05, 0) is 12.8 Å². The summed E-state index contributed by atoms with van der Waals surface area (Å²) in [6.07, 6.45) is 34.5. The number of nitrogens with zero attached hydrogens (tertiary/aromatic N) is 1. The molecule has 4 amide bonds. The van der Waals surface area contributed by atoms with Crippen LogP contribution in [0.5, 0.6) is 0 Å². The van der Waals surface area contributed by atoms with Crippen molar-refractivity contribution in [3.05, 3.63) is 0 Å². The fourth-order valence-electron chi connectivity index (χ4n) is 8.19. The Kier molecular flexibility index (Phi) is 45.3. The number of carbonyl (C=O) groups excluding carboxylic acids is 6. The van der Waals surface area contributed by atoms with Gasteiger partial charge in [-0.15, -0.1) is 0 Å². The van der Waals surface area contributed by atoms with Crippen molar-refractivity contribution in [2.75, 3.05) is 46.1 Å². The molecule has 1 aliphatic rings. The van der Waals surface area contributed by atoms with Crippen molar-refractivity contribution in [2.45, 2.75) is 245 Å². The molecule has 2 N–H and O–H groups in total. The molecule has 1 saturated heterocycles. The first-order chi connectivity index (χ1) is 33.4. The maximum Gasteiger partial charge on any atom is 1.00 e. The Morgan fingerprint density at radius 2 is 1.01 bits per heavy atom. The van der Waals surface area contributed by atoms with Crippen LogP contribution in [-0.2, 0) is 51.8 Å². The molecule has 0 aromatic rings. The van der Waals surface area contributed by atoms with Crippen LogP contribution in [0.2, 0.25) is 0 Å². The number of likely N-dealkylation sites (tertiary alicyclic amines) is 1. The SMILES string of the molecule is CCCCCCCCCCCCCCCCCC(=O)OC[C@H](COP(=O)([O-])OCCNC(=O)OCCNC(=O)CCN1C(=O)CC(C)C1=O)OC(=O)CCCCCCCCCCCCCCCCC.[Na+]. The van der Waals surface area contributed by atoms with Gasteiger partial charge in [0.1, 0.15) is 13.2 Å². The van der Waals surface area contributed by atoms with Crippen molar-refractivity contribution >= 4 is 43.6 Å². The molecule has 0 aromatic heterocycles. The predicted molar refractivity (Wildman–Crippen MR) is 267 cm³/mol. The van der Waals surface area contributed by atoms with Crippen LogP contribution in [-0.4, -0.2) is 92.8 Å². The first-order valence-corrected chi connectivity index (χ1v) is 28.8. The average Bonchev–Trinajstić information content (AvgIpc) is 3.57. The monoisotopic (exact) mass is 1020 g/mol. The number of hydrogen-bond acceptors (Lipinski definition) is 13. The van der Waals surface area contributed by atoms with E-state index in [9.17, 15) is 38.2 Å². The van der Waals surface area contributed by atoms with Crippen LogP contribution < -0.4 is 45.1 Å². The number of rotatable bonds is 48. The minimum Gasteiger partial charge on any atom is -0.756 e. The molecule has 18 heteroatoms. The maximum atomic E-state index is 12.8. The topological polar surface area (TPSA) is 216 Å². The first-order valence-electron chi connectivity index (χ1n) is 27.3. The van der Waals surface area contributed by atoms with E-state index in [2.05, 4.69) is 24.5 Å². The van der Waals surface area contributed by atoms with E-state index in [4.69, 9.17) is 23.3 Å². The second-order valence-corrected chi connectivity index (χ2v) is 20.3. The number of alkyl carbamates (subject to hydrolysis) is 1. The third kappa shape index (κ3) is 40.4. The molecule has 1 fully saturated rings. The van der Waals surface area contributed by atoms with E-state index >= 15 is 0 Å². The van der Waals surface area contributed by atoms with Gasteiger partial charge in [0, 0.05) is 44.7 Å². The second kappa shape index (κ2) is 46.7. The second-order valence-electron chi connectivity index (χ2n) is 18.9. The van der Waals surface area contributed by atoms with Crippen molar-refractivity contribution in [1.82, 2.24) is 15.5 Å². The summed E-state index contributed by atoms with van der Waals surface area (Å²) in [6, 6.07) is 0. The van der Waals surface area contributed by atoms with E-state index < -0.39 is 57.0 Å². The molecular formula is C52H95N3NaO13P. The summed E-state index contributed by atoms with van der Waals surface area (Å²) in [6.45, 7) is 4.17. The summed E-state index contributed by atoms with van der Waals surface area (Å²) < 4.78 is 38.3. The van der Waals surface area contributed by atoms with Gasteiger partial charge < -0.3 is 38.8 Å². The Morgan fingerprint density at radius 3 is 1.46 bits per heavy atom. The Morgan fingerprint density at radius 1 is 0.586 bits per heavy atom. The zero-order valence-electron chi connectivity index (χ0n) is 44.3. The van der Waals surface area contributed by atoms with E-state index in [0.29, 0.717) is 12.8 Å². The quantitative estimate of drug-likeness (QED) is 0.0147. The molecule has 1 heterocycles. The molecule has 70 heavy (non-hydrogen) atoms. The van der Waals surface area contributed by atoms with Crippen LogP contribution >= 0.6 is 7.82 Å². The summed E-state index contributed by atoms with van der Waals surface area (Å²) in [5.41, 5.74) is 0.